The van der Waals surface area contributed by atoms with Crippen molar-refractivity contribution < 1.29 is 26.3 Å². The molecule has 7 heterocycles. The molecule has 0 saturated heterocycles. The fourth-order valence-corrected chi connectivity index (χ4v) is 10.4. The molecule has 7 aromatic heterocycles. The van der Waals surface area contributed by atoms with Gasteiger partial charge in [-0.1, -0.05) is 6.08 Å². The molecule has 0 N–H and O–H groups in total. The van der Waals surface area contributed by atoms with E-state index in [2.05, 4.69) is 49.8 Å². The molecule has 1 aliphatic rings. The number of hydrogen-bond donors (Lipinski definition) is 0. The maximum atomic E-state index is 14.7. The van der Waals surface area contributed by atoms with Crippen LogP contribution in [0.3, 0.4) is 0 Å². The fraction of sp³-hybridized carbons (Fsp3) is 0.211. The van der Waals surface area contributed by atoms with Crippen LogP contribution in [-0.4, -0.2) is 73.9 Å². The van der Waals surface area contributed by atoms with Crippen LogP contribution in [-0.2, 0) is 18.8 Å². The molecular weight excluding hydrogens is 1010 g/mol. The molecule has 15 nitrogen and oxygen atoms in total. The number of halogens is 6. The monoisotopic (exact) mass is 1050 g/mol. The Kier molecular flexibility index (Phi) is 11.6. The minimum atomic E-state index is -5.12. The highest BCUT2D eigenvalue weighted by Gasteiger charge is 2.37. The van der Waals surface area contributed by atoms with E-state index in [1.807, 2.05) is 75.9 Å². The number of aryl methyl sites for hydroxylation is 8. The zero-order valence-corrected chi connectivity index (χ0v) is 43.0. The van der Waals surface area contributed by atoms with Crippen LogP contribution in [0.2, 0.25) is 0 Å². The lowest BCUT2D eigenvalue weighted by Gasteiger charge is -2.19. The summed E-state index contributed by atoms with van der Waals surface area (Å²) in [4.78, 5) is 60.1. The van der Waals surface area contributed by atoms with Gasteiger partial charge in [-0.25, -0.2) is 64.8 Å². The highest BCUT2D eigenvalue weighted by molar-refractivity contribution is 6.11. The summed E-state index contributed by atoms with van der Waals surface area (Å²) < 4.78 is 92.0. The van der Waals surface area contributed by atoms with Crippen LogP contribution >= 0.6 is 0 Å². The van der Waals surface area contributed by atoms with Crippen LogP contribution in [0.1, 0.15) is 80.7 Å². The number of aromatic nitrogens is 15. The number of hydrogen-bond acceptors (Lipinski definition) is 13. The second kappa shape index (κ2) is 18.2. The Hall–Kier alpha value is -9.27. The van der Waals surface area contributed by atoms with Crippen LogP contribution in [0, 0.1) is 55.4 Å². The van der Waals surface area contributed by atoms with Gasteiger partial charge in [0.2, 0.25) is 0 Å². The van der Waals surface area contributed by atoms with Gasteiger partial charge in [-0.3, -0.25) is 9.13 Å². The SMILES string of the molecule is Cc1nc(C)nc(-c2ccc3c(c2)c2c(n3-c3cc(-c4cc(C(F)(F)F)cc(C(F)(F)F)c4)cc(-n4c5ccc(-c6nc(C)nc(C)n6)cc5c5cc(-c6nc(C)nc(C)n6)ccc54)n3)C=CC(c3nc(C)nc(C)n3)C2)n1. The van der Waals surface area contributed by atoms with Gasteiger partial charge in [0.05, 0.1) is 33.4 Å². The first-order chi connectivity index (χ1) is 37.1. The van der Waals surface area contributed by atoms with Crippen LogP contribution in [0.25, 0.3) is 95.7 Å². The molecule has 388 valence electrons. The van der Waals surface area contributed by atoms with Gasteiger partial charge in [0.15, 0.2) is 17.5 Å². The van der Waals surface area contributed by atoms with Crippen molar-refractivity contribution in [1.29, 1.82) is 0 Å². The lowest BCUT2D eigenvalue weighted by Crippen LogP contribution is -2.13. The topological polar surface area (TPSA) is 177 Å². The van der Waals surface area contributed by atoms with E-state index in [0.717, 1.165) is 23.1 Å². The summed E-state index contributed by atoms with van der Waals surface area (Å²) in [6, 6.07) is 21.6. The normalized spacial score (nSPS) is 13.8. The molecule has 0 radical (unpaired) electrons. The molecule has 1 aliphatic carbocycles. The second-order valence-electron chi connectivity index (χ2n) is 19.3. The highest BCUT2D eigenvalue weighted by atomic mass is 19.4. The smallest absolute Gasteiger partial charge is 0.294 e. The Bertz CT molecular complexity index is 4130. The Balaban J connectivity index is 1.16. The maximum absolute atomic E-state index is 14.7. The molecule has 1 atom stereocenters. The van der Waals surface area contributed by atoms with Crippen molar-refractivity contribution in [3.63, 3.8) is 0 Å². The van der Waals surface area contributed by atoms with Crippen LogP contribution in [0.5, 0.6) is 0 Å². The fourth-order valence-electron chi connectivity index (χ4n) is 10.4. The van der Waals surface area contributed by atoms with Crippen LogP contribution in [0.15, 0.2) is 91.0 Å². The molecular formula is C57H43F6N15. The minimum absolute atomic E-state index is 0.0271. The predicted molar refractivity (Wildman–Crippen MR) is 281 cm³/mol. The van der Waals surface area contributed by atoms with Crippen LogP contribution < -0.4 is 0 Å². The molecule has 0 aliphatic heterocycles. The number of fused-ring (bicyclic) bond motifs is 6. The number of benzene rings is 4. The largest absolute Gasteiger partial charge is 0.416 e. The van der Waals surface area contributed by atoms with Crippen molar-refractivity contribution in [2.24, 2.45) is 0 Å². The average Bonchev–Trinajstić information content (AvgIpc) is 4.09. The van der Waals surface area contributed by atoms with Crippen molar-refractivity contribution in [3.05, 3.63) is 166 Å². The third-order valence-electron chi connectivity index (χ3n) is 13.5. The van der Waals surface area contributed by atoms with Crippen molar-refractivity contribution in [1.82, 2.24) is 73.9 Å². The molecule has 0 spiro atoms. The third-order valence-corrected chi connectivity index (χ3v) is 13.5. The van der Waals surface area contributed by atoms with Gasteiger partial charge in [0, 0.05) is 38.8 Å². The zero-order valence-electron chi connectivity index (χ0n) is 43.0. The van der Waals surface area contributed by atoms with Crippen LogP contribution in [0.4, 0.5) is 26.3 Å². The first-order valence-electron chi connectivity index (χ1n) is 24.6. The van der Waals surface area contributed by atoms with E-state index >= 15 is 0 Å². The zero-order chi connectivity index (χ0) is 54.7. The first-order valence-corrected chi connectivity index (χ1v) is 24.6. The van der Waals surface area contributed by atoms with Crippen molar-refractivity contribution in [3.8, 4) is 56.9 Å². The summed E-state index contributed by atoms with van der Waals surface area (Å²) in [5.41, 5.74) is 2.15. The Morgan fingerprint density at radius 2 is 0.756 bits per heavy atom. The number of rotatable bonds is 7. The molecule has 11 aromatic rings. The molecule has 21 heteroatoms. The van der Waals surface area contributed by atoms with E-state index < -0.39 is 23.5 Å². The summed E-state index contributed by atoms with van der Waals surface area (Å²) in [7, 11) is 0. The average molecular weight is 1050 g/mol. The summed E-state index contributed by atoms with van der Waals surface area (Å²) >= 11 is 0. The molecule has 0 bridgehead atoms. The Morgan fingerprint density at radius 3 is 1.18 bits per heavy atom. The molecule has 78 heavy (non-hydrogen) atoms. The van der Waals surface area contributed by atoms with E-state index in [4.69, 9.17) is 15.0 Å². The maximum Gasteiger partial charge on any atom is 0.416 e. The van der Waals surface area contributed by atoms with Gasteiger partial charge in [-0.05, 0) is 170 Å². The van der Waals surface area contributed by atoms with Gasteiger partial charge >= 0.3 is 12.4 Å². The Morgan fingerprint density at radius 1 is 0.385 bits per heavy atom. The van der Waals surface area contributed by atoms with Gasteiger partial charge in [0.25, 0.3) is 0 Å². The summed E-state index contributed by atoms with van der Waals surface area (Å²) in [5.74, 6) is 6.21. The predicted octanol–water partition coefficient (Wildman–Crippen LogP) is 12.4. The molecule has 0 fully saturated rings. The molecule has 12 rings (SSSR count). The summed E-state index contributed by atoms with van der Waals surface area (Å²) in [6.45, 7) is 14.3. The van der Waals surface area contributed by atoms with Gasteiger partial charge in [0.1, 0.15) is 64.1 Å². The van der Waals surface area contributed by atoms with Gasteiger partial charge in [-0.15, -0.1) is 0 Å². The van der Waals surface area contributed by atoms with Gasteiger partial charge in [-0.2, -0.15) is 26.3 Å². The lowest BCUT2D eigenvalue weighted by atomic mass is 9.90. The number of allylic oxidation sites excluding steroid dienone is 1. The Labute approximate surface area is 440 Å². The summed E-state index contributed by atoms with van der Waals surface area (Å²) in [5, 5.41) is 2.17. The van der Waals surface area contributed by atoms with E-state index in [9.17, 15) is 26.3 Å². The van der Waals surface area contributed by atoms with E-state index in [-0.39, 0.29) is 34.7 Å². The number of nitrogens with zero attached hydrogens (tertiary/aromatic N) is 15. The van der Waals surface area contributed by atoms with E-state index in [1.165, 1.54) is 12.1 Å². The highest BCUT2D eigenvalue weighted by Crippen LogP contribution is 2.44. The van der Waals surface area contributed by atoms with Crippen molar-refractivity contribution in [2.45, 2.75) is 80.1 Å². The second-order valence-corrected chi connectivity index (χ2v) is 19.3. The molecule has 1 unspecified atom stereocenters. The summed E-state index contributed by atoms with van der Waals surface area (Å²) in [6.07, 6.45) is -5.94. The van der Waals surface area contributed by atoms with Gasteiger partial charge < -0.3 is 0 Å². The number of alkyl halides is 6. The third kappa shape index (κ3) is 9.03. The first kappa shape index (κ1) is 49.6. The molecule has 0 amide bonds. The quantitative estimate of drug-likeness (QED) is 0.138. The standard InChI is InChI=1S/C57H43F6N15/c1-26-64-27(2)69-52(68-26)34-9-13-46-42(19-34)43-20-35(53-70-28(3)65-29(4)71-53)10-14-47(43)77(46)50-23-39(38-17-40(56(58,59)60)25-41(18-38)57(61,62)63)24-51(76-50)78-48-15-11-36(54-72-30(5)66-31(6)73-54)21-44(48)45-22-37(12-16-49(45)78)55-74-32(7)67-33(8)75-55/h9-21,23-25,37H,22H2,1-8H3. The van der Waals surface area contributed by atoms with Crippen molar-refractivity contribution in [2.75, 3.05) is 0 Å². The minimum Gasteiger partial charge on any atom is -0.294 e. The number of pyridine rings is 1. The van der Waals surface area contributed by atoms with E-state index in [0.29, 0.717) is 126 Å². The van der Waals surface area contributed by atoms with Crippen molar-refractivity contribution >= 4 is 38.8 Å². The van der Waals surface area contributed by atoms with E-state index in [1.54, 1.807) is 55.4 Å². The lowest BCUT2D eigenvalue weighted by molar-refractivity contribution is -0.143. The molecule has 4 aromatic carbocycles. The molecule has 0 saturated carbocycles.